The molecule has 0 N–H and O–H groups in total. The van der Waals surface area contributed by atoms with E-state index in [9.17, 15) is 4.39 Å². The molecule has 0 amide bonds. The van der Waals surface area contributed by atoms with E-state index >= 15 is 0 Å². The molecule has 0 saturated carbocycles. The summed E-state index contributed by atoms with van der Waals surface area (Å²) in [5.41, 5.74) is 0.805. The second-order valence-electron chi connectivity index (χ2n) is 2.48. The molecular weight excluding hydrogens is 237 g/mol. The number of nitrogens with zero attached hydrogens (tertiary/aromatic N) is 1. The standard InChI is InChI=1S/C9H5BrFNO/c10-9-12-5-8(13-9)6-1-3-7(11)4-2-6/h1-5H. The van der Waals surface area contributed by atoms with Gasteiger partial charge in [0.25, 0.3) is 4.80 Å². The fraction of sp³-hybridized carbons (Fsp3) is 0. The molecule has 0 aliphatic rings. The van der Waals surface area contributed by atoms with E-state index in [1.54, 1.807) is 18.3 Å². The first-order valence-electron chi connectivity index (χ1n) is 3.63. The molecule has 0 unspecified atom stereocenters. The van der Waals surface area contributed by atoms with Crippen LogP contribution >= 0.6 is 15.9 Å². The summed E-state index contributed by atoms with van der Waals surface area (Å²) < 4.78 is 17.7. The second-order valence-corrected chi connectivity index (χ2v) is 3.16. The number of hydrogen-bond acceptors (Lipinski definition) is 2. The van der Waals surface area contributed by atoms with Gasteiger partial charge in [0.2, 0.25) is 0 Å². The predicted molar refractivity (Wildman–Crippen MR) is 49.6 cm³/mol. The largest absolute Gasteiger partial charge is 0.431 e. The first-order valence-corrected chi connectivity index (χ1v) is 4.42. The average Bonchev–Trinajstić information content (AvgIpc) is 2.53. The van der Waals surface area contributed by atoms with Crippen LogP contribution in [0.15, 0.2) is 39.7 Å². The van der Waals surface area contributed by atoms with E-state index in [2.05, 4.69) is 20.9 Å². The lowest BCUT2D eigenvalue weighted by Gasteiger charge is -1.93. The van der Waals surface area contributed by atoms with Gasteiger partial charge in [0, 0.05) is 21.5 Å². The van der Waals surface area contributed by atoms with E-state index in [-0.39, 0.29) is 5.82 Å². The lowest BCUT2D eigenvalue weighted by Crippen LogP contribution is -1.74. The van der Waals surface area contributed by atoms with Crippen molar-refractivity contribution in [3.63, 3.8) is 0 Å². The molecule has 0 fully saturated rings. The van der Waals surface area contributed by atoms with Crippen LogP contribution in [-0.2, 0) is 0 Å². The zero-order valence-electron chi connectivity index (χ0n) is 6.50. The molecule has 0 spiro atoms. The van der Waals surface area contributed by atoms with Crippen molar-refractivity contribution in [3.8, 4) is 11.3 Å². The number of rotatable bonds is 1. The van der Waals surface area contributed by atoms with Gasteiger partial charge < -0.3 is 4.42 Å². The quantitative estimate of drug-likeness (QED) is 0.767. The fourth-order valence-corrected chi connectivity index (χ4v) is 1.28. The Kier molecular flexibility index (Phi) is 2.14. The van der Waals surface area contributed by atoms with Crippen molar-refractivity contribution in [1.82, 2.24) is 4.98 Å². The van der Waals surface area contributed by atoms with Crippen LogP contribution in [0.2, 0.25) is 0 Å². The molecule has 1 aromatic carbocycles. The number of oxazole rings is 1. The van der Waals surface area contributed by atoms with Crippen LogP contribution < -0.4 is 0 Å². The zero-order valence-corrected chi connectivity index (χ0v) is 8.08. The SMILES string of the molecule is Fc1ccc(-c2cnc(Br)o2)cc1. The molecule has 2 rings (SSSR count). The van der Waals surface area contributed by atoms with E-state index < -0.39 is 0 Å². The Morgan fingerprint density at radius 2 is 1.92 bits per heavy atom. The van der Waals surface area contributed by atoms with Crippen LogP contribution in [0.4, 0.5) is 4.39 Å². The van der Waals surface area contributed by atoms with Crippen LogP contribution in [0.25, 0.3) is 11.3 Å². The van der Waals surface area contributed by atoms with Crippen LogP contribution in [0.5, 0.6) is 0 Å². The summed E-state index contributed by atoms with van der Waals surface area (Å²) in [5, 5.41) is 0. The van der Waals surface area contributed by atoms with E-state index in [1.807, 2.05) is 0 Å². The number of hydrogen-bond donors (Lipinski definition) is 0. The van der Waals surface area contributed by atoms with Crippen LogP contribution in [0.1, 0.15) is 0 Å². The molecular formula is C9H5BrFNO. The zero-order chi connectivity index (χ0) is 9.26. The monoisotopic (exact) mass is 241 g/mol. The van der Waals surface area contributed by atoms with Gasteiger partial charge in [-0.15, -0.1) is 0 Å². The molecule has 2 aromatic rings. The number of benzene rings is 1. The first kappa shape index (κ1) is 8.44. The smallest absolute Gasteiger partial charge is 0.264 e. The summed E-state index contributed by atoms with van der Waals surface area (Å²) in [6.45, 7) is 0. The molecule has 0 aliphatic heterocycles. The molecule has 2 nitrogen and oxygen atoms in total. The summed E-state index contributed by atoms with van der Waals surface area (Å²) in [6, 6.07) is 6.04. The van der Waals surface area contributed by atoms with Gasteiger partial charge in [-0.1, -0.05) is 0 Å². The molecule has 0 aliphatic carbocycles. The first-order chi connectivity index (χ1) is 6.25. The Morgan fingerprint density at radius 1 is 1.23 bits per heavy atom. The Morgan fingerprint density at radius 3 is 2.46 bits per heavy atom. The van der Waals surface area contributed by atoms with Crippen molar-refractivity contribution < 1.29 is 8.81 Å². The molecule has 4 heteroatoms. The Labute approximate surface area is 82.5 Å². The minimum absolute atomic E-state index is 0.262. The van der Waals surface area contributed by atoms with Crippen LogP contribution in [0.3, 0.4) is 0 Å². The van der Waals surface area contributed by atoms with Gasteiger partial charge in [0.05, 0.1) is 6.20 Å². The summed E-state index contributed by atoms with van der Waals surface area (Å²) in [5.74, 6) is 0.356. The number of halogens is 2. The summed E-state index contributed by atoms with van der Waals surface area (Å²) in [6.07, 6.45) is 1.58. The third-order valence-electron chi connectivity index (χ3n) is 1.61. The Balaban J connectivity index is 2.41. The molecule has 13 heavy (non-hydrogen) atoms. The van der Waals surface area contributed by atoms with Gasteiger partial charge in [0.1, 0.15) is 5.82 Å². The third kappa shape index (κ3) is 1.78. The van der Waals surface area contributed by atoms with Crippen LogP contribution in [-0.4, -0.2) is 4.98 Å². The van der Waals surface area contributed by atoms with E-state index in [0.717, 1.165) is 5.56 Å². The maximum absolute atomic E-state index is 12.6. The predicted octanol–water partition coefficient (Wildman–Crippen LogP) is 3.24. The van der Waals surface area contributed by atoms with Crippen LogP contribution in [0, 0.1) is 5.82 Å². The molecule has 1 heterocycles. The molecule has 0 saturated heterocycles. The van der Waals surface area contributed by atoms with Crippen molar-refractivity contribution in [2.45, 2.75) is 0 Å². The maximum Gasteiger partial charge on any atom is 0.264 e. The summed E-state index contributed by atoms with van der Waals surface area (Å²) in [4.78, 5) is 4.29. The second kappa shape index (κ2) is 3.30. The van der Waals surface area contributed by atoms with Crippen molar-refractivity contribution in [2.75, 3.05) is 0 Å². The highest BCUT2D eigenvalue weighted by molar-refractivity contribution is 9.10. The van der Waals surface area contributed by atoms with Crippen molar-refractivity contribution in [2.24, 2.45) is 0 Å². The van der Waals surface area contributed by atoms with Crippen molar-refractivity contribution in [1.29, 1.82) is 0 Å². The topological polar surface area (TPSA) is 26.0 Å². The minimum atomic E-state index is -0.262. The normalized spacial score (nSPS) is 10.3. The lowest BCUT2D eigenvalue weighted by atomic mass is 10.2. The highest BCUT2D eigenvalue weighted by atomic mass is 79.9. The molecule has 66 valence electrons. The Bertz CT molecular complexity index is 410. The van der Waals surface area contributed by atoms with Crippen molar-refractivity contribution in [3.05, 3.63) is 41.1 Å². The highest BCUT2D eigenvalue weighted by Gasteiger charge is 2.03. The highest BCUT2D eigenvalue weighted by Crippen LogP contribution is 2.22. The van der Waals surface area contributed by atoms with E-state index in [1.165, 1.54) is 12.1 Å². The molecule has 0 radical (unpaired) electrons. The third-order valence-corrected chi connectivity index (χ3v) is 1.97. The summed E-state index contributed by atoms with van der Waals surface area (Å²) >= 11 is 3.09. The van der Waals surface area contributed by atoms with Crippen molar-refractivity contribution >= 4 is 15.9 Å². The number of aromatic nitrogens is 1. The van der Waals surface area contributed by atoms with Gasteiger partial charge >= 0.3 is 0 Å². The minimum Gasteiger partial charge on any atom is -0.431 e. The average molecular weight is 242 g/mol. The Hall–Kier alpha value is -1.16. The maximum atomic E-state index is 12.6. The van der Waals surface area contributed by atoms with Gasteiger partial charge in [-0.2, -0.15) is 0 Å². The van der Waals surface area contributed by atoms with E-state index in [4.69, 9.17) is 4.42 Å². The van der Waals surface area contributed by atoms with Gasteiger partial charge in [0.15, 0.2) is 5.76 Å². The van der Waals surface area contributed by atoms with Gasteiger partial charge in [-0.25, -0.2) is 9.37 Å². The molecule has 1 aromatic heterocycles. The summed E-state index contributed by atoms with van der Waals surface area (Å²) in [7, 11) is 0. The molecule has 0 atom stereocenters. The lowest BCUT2D eigenvalue weighted by molar-refractivity contribution is 0.542. The molecule has 0 bridgehead atoms. The van der Waals surface area contributed by atoms with Gasteiger partial charge in [-0.3, -0.25) is 0 Å². The van der Waals surface area contributed by atoms with Gasteiger partial charge in [-0.05, 0) is 24.3 Å². The van der Waals surface area contributed by atoms with E-state index in [0.29, 0.717) is 10.6 Å². The fourth-order valence-electron chi connectivity index (χ4n) is 1.00.